The lowest BCUT2D eigenvalue weighted by Gasteiger charge is -2.30. The van der Waals surface area contributed by atoms with Gasteiger partial charge in [-0.05, 0) is 18.4 Å². The average molecular weight is 229 g/mol. The summed E-state index contributed by atoms with van der Waals surface area (Å²) in [6, 6.07) is 9.61. The van der Waals surface area contributed by atoms with Crippen molar-refractivity contribution in [3.63, 3.8) is 0 Å². The largest absolute Gasteiger partial charge is 0.395 e. The SMILES string of the molecule is OCC(CO)(CCCCl)c1ccccc1. The van der Waals surface area contributed by atoms with Crippen molar-refractivity contribution in [3.8, 4) is 0 Å². The van der Waals surface area contributed by atoms with E-state index in [-0.39, 0.29) is 13.2 Å². The third-order valence-corrected chi connectivity index (χ3v) is 3.05. The van der Waals surface area contributed by atoms with Gasteiger partial charge in [0.2, 0.25) is 0 Å². The van der Waals surface area contributed by atoms with Crippen LogP contribution in [0.15, 0.2) is 30.3 Å². The zero-order valence-corrected chi connectivity index (χ0v) is 9.45. The fraction of sp³-hybridized carbons (Fsp3) is 0.500. The highest BCUT2D eigenvalue weighted by Crippen LogP contribution is 2.28. The van der Waals surface area contributed by atoms with Crippen LogP contribution < -0.4 is 0 Å². The van der Waals surface area contributed by atoms with Gasteiger partial charge in [0.05, 0.1) is 13.2 Å². The van der Waals surface area contributed by atoms with E-state index in [0.717, 1.165) is 12.0 Å². The molecule has 0 fully saturated rings. The summed E-state index contributed by atoms with van der Waals surface area (Å²) in [5, 5.41) is 18.9. The second-order valence-corrected chi connectivity index (χ2v) is 4.13. The van der Waals surface area contributed by atoms with Gasteiger partial charge in [0, 0.05) is 11.3 Å². The predicted molar refractivity (Wildman–Crippen MR) is 62.2 cm³/mol. The van der Waals surface area contributed by atoms with Crippen LogP contribution in [0.2, 0.25) is 0 Å². The molecule has 15 heavy (non-hydrogen) atoms. The van der Waals surface area contributed by atoms with Gasteiger partial charge >= 0.3 is 0 Å². The van der Waals surface area contributed by atoms with Crippen molar-refractivity contribution in [1.82, 2.24) is 0 Å². The molecule has 1 aromatic carbocycles. The highest BCUT2D eigenvalue weighted by Gasteiger charge is 2.29. The Morgan fingerprint density at radius 3 is 2.13 bits per heavy atom. The molecule has 0 atom stereocenters. The summed E-state index contributed by atoms with van der Waals surface area (Å²) in [5.41, 5.74) is 0.427. The number of halogens is 1. The number of alkyl halides is 1. The molecule has 1 rings (SSSR count). The molecule has 0 spiro atoms. The van der Waals surface area contributed by atoms with E-state index in [4.69, 9.17) is 11.6 Å². The van der Waals surface area contributed by atoms with Crippen LogP contribution in [0.5, 0.6) is 0 Å². The summed E-state index contributed by atoms with van der Waals surface area (Å²) in [5.74, 6) is 0.550. The Morgan fingerprint density at radius 1 is 1.07 bits per heavy atom. The number of hydrogen-bond acceptors (Lipinski definition) is 2. The number of aliphatic hydroxyl groups excluding tert-OH is 2. The smallest absolute Gasteiger partial charge is 0.0550 e. The molecular formula is C12H17ClO2. The number of hydrogen-bond donors (Lipinski definition) is 2. The van der Waals surface area contributed by atoms with E-state index in [1.807, 2.05) is 30.3 Å². The van der Waals surface area contributed by atoms with Crippen LogP contribution in [0.1, 0.15) is 18.4 Å². The Kier molecular flexibility index (Phi) is 5.09. The molecule has 0 bridgehead atoms. The van der Waals surface area contributed by atoms with E-state index in [1.54, 1.807) is 0 Å². The standard InChI is InChI=1S/C12H17ClO2/c13-8-4-7-12(9-14,10-15)11-5-2-1-3-6-11/h1-3,5-6,14-15H,4,7-10H2. The molecule has 3 heteroatoms. The minimum Gasteiger partial charge on any atom is -0.395 e. The van der Waals surface area contributed by atoms with Crippen LogP contribution in [0.4, 0.5) is 0 Å². The van der Waals surface area contributed by atoms with Gasteiger partial charge in [0.15, 0.2) is 0 Å². The molecule has 84 valence electrons. The van der Waals surface area contributed by atoms with Crippen molar-refractivity contribution in [2.24, 2.45) is 0 Å². The maximum atomic E-state index is 9.45. The Hall–Kier alpha value is -0.570. The van der Waals surface area contributed by atoms with Crippen molar-refractivity contribution in [2.45, 2.75) is 18.3 Å². The molecule has 0 radical (unpaired) electrons. The highest BCUT2D eigenvalue weighted by molar-refractivity contribution is 6.17. The van der Waals surface area contributed by atoms with Gasteiger partial charge in [-0.15, -0.1) is 11.6 Å². The topological polar surface area (TPSA) is 40.5 Å². The summed E-state index contributed by atoms with van der Waals surface area (Å²) in [6.07, 6.45) is 1.49. The molecular weight excluding hydrogens is 212 g/mol. The number of aliphatic hydroxyl groups is 2. The summed E-state index contributed by atoms with van der Waals surface area (Å²) in [7, 11) is 0. The zero-order valence-electron chi connectivity index (χ0n) is 8.69. The molecule has 0 aromatic heterocycles. The van der Waals surface area contributed by atoms with Gasteiger partial charge in [-0.2, -0.15) is 0 Å². The molecule has 2 nitrogen and oxygen atoms in total. The minimum absolute atomic E-state index is 0.0512. The molecule has 0 saturated heterocycles. The van der Waals surface area contributed by atoms with Crippen LogP contribution in [0.3, 0.4) is 0 Å². The highest BCUT2D eigenvalue weighted by atomic mass is 35.5. The molecule has 0 aliphatic carbocycles. The van der Waals surface area contributed by atoms with E-state index in [0.29, 0.717) is 12.3 Å². The molecule has 2 N–H and O–H groups in total. The van der Waals surface area contributed by atoms with Crippen LogP contribution in [0, 0.1) is 0 Å². The number of benzene rings is 1. The summed E-state index contributed by atoms with van der Waals surface area (Å²) in [4.78, 5) is 0. The lowest BCUT2D eigenvalue weighted by atomic mass is 9.78. The van der Waals surface area contributed by atoms with Gasteiger partial charge in [-0.25, -0.2) is 0 Å². The third-order valence-electron chi connectivity index (χ3n) is 2.78. The minimum atomic E-state index is -0.545. The van der Waals surface area contributed by atoms with Crippen molar-refractivity contribution in [2.75, 3.05) is 19.1 Å². The van der Waals surface area contributed by atoms with Crippen LogP contribution in [-0.2, 0) is 5.41 Å². The first-order chi connectivity index (χ1) is 7.29. The molecule has 1 aromatic rings. The van der Waals surface area contributed by atoms with Crippen LogP contribution >= 0.6 is 11.6 Å². The van der Waals surface area contributed by atoms with Gasteiger partial charge < -0.3 is 10.2 Å². The van der Waals surface area contributed by atoms with E-state index in [9.17, 15) is 10.2 Å². The Bertz CT molecular complexity index is 270. The first-order valence-electron chi connectivity index (χ1n) is 5.12. The monoisotopic (exact) mass is 228 g/mol. The molecule has 0 heterocycles. The predicted octanol–water partition coefficient (Wildman–Crippen LogP) is 1.93. The number of rotatable bonds is 6. The van der Waals surface area contributed by atoms with Crippen molar-refractivity contribution >= 4 is 11.6 Å². The Labute approximate surface area is 95.5 Å². The molecule has 0 unspecified atom stereocenters. The Morgan fingerprint density at radius 2 is 1.67 bits per heavy atom. The molecule has 0 amide bonds. The maximum Gasteiger partial charge on any atom is 0.0550 e. The normalized spacial score (nSPS) is 11.7. The van der Waals surface area contributed by atoms with Crippen LogP contribution in [0.25, 0.3) is 0 Å². The lowest BCUT2D eigenvalue weighted by molar-refractivity contribution is 0.109. The van der Waals surface area contributed by atoms with E-state index in [1.165, 1.54) is 0 Å². The van der Waals surface area contributed by atoms with Crippen LogP contribution in [-0.4, -0.2) is 29.3 Å². The van der Waals surface area contributed by atoms with Gasteiger partial charge in [0.1, 0.15) is 0 Å². The third kappa shape index (κ3) is 2.94. The Balaban J connectivity index is 2.89. The second-order valence-electron chi connectivity index (χ2n) is 3.76. The fourth-order valence-corrected chi connectivity index (χ4v) is 1.87. The van der Waals surface area contributed by atoms with Gasteiger partial charge in [-0.3, -0.25) is 0 Å². The molecule has 0 aliphatic rings. The zero-order chi connectivity index (χ0) is 11.1. The fourth-order valence-electron chi connectivity index (χ4n) is 1.73. The van der Waals surface area contributed by atoms with Crippen molar-refractivity contribution in [3.05, 3.63) is 35.9 Å². The van der Waals surface area contributed by atoms with Crippen molar-refractivity contribution in [1.29, 1.82) is 0 Å². The molecule has 0 saturated carbocycles. The quantitative estimate of drug-likeness (QED) is 0.731. The average Bonchev–Trinajstić information content (AvgIpc) is 2.33. The first kappa shape index (κ1) is 12.5. The molecule has 0 aliphatic heterocycles. The lowest BCUT2D eigenvalue weighted by Crippen LogP contribution is -2.34. The van der Waals surface area contributed by atoms with E-state index >= 15 is 0 Å². The first-order valence-corrected chi connectivity index (χ1v) is 5.66. The second kappa shape index (κ2) is 6.11. The van der Waals surface area contributed by atoms with E-state index < -0.39 is 5.41 Å². The van der Waals surface area contributed by atoms with Crippen molar-refractivity contribution < 1.29 is 10.2 Å². The van der Waals surface area contributed by atoms with Gasteiger partial charge in [-0.1, -0.05) is 30.3 Å². The maximum absolute atomic E-state index is 9.45. The summed E-state index contributed by atoms with van der Waals surface area (Å²) >= 11 is 5.65. The van der Waals surface area contributed by atoms with E-state index in [2.05, 4.69) is 0 Å². The van der Waals surface area contributed by atoms with Gasteiger partial charge in [0.25, 0.3) is 0 Å². The summed E-state index contributed by atoms with van der Waals surface area (Å²) in [6.45, 7) is -0.102. The summed E-state index contributed by atoms with van der Waals surface area (Å²) < 4.78 is 0.